The van der Waals surface area contributed by atoms with Crippen LogP contribution in [-0.2, 0) is 19.5 Å². The smallest absolute Gasteiger partial charge is 0.0934 e. The van der Waals surface area contributed by atoms with Crippen LogP contribution in [0, 0.1) is 0 Å². The maximum atomic E-state index is 6.16. The fraction of sp³-hybridized carbons (Fsp3) is 0.263. The number of halogens is 1. The summed E-state index contributed by atoms with van der Waals surface area (Å²) in [5.41, 5.74) is 5.61. The topological polar surface area (TPSA) is 17.0 Å². The van der Waals surface area contributed by atoms with E-state index in [1.165, 1.54) is 33.7 Å². The molecule has 0 atom stereocenters. The number of rotatable bonds is 3. The van der Waals surface area contributed by atoms with Gasteiger partial charge in [0.2, 0.25) is 0 Å². The number of hydrogen-bond donors (Lipinski definition) is 1. The van der Waals surface area contributed by atoms with Gasteiger partial charge in [-0.2, -0.15) is 0 Å². The van der Waals surface area contributed by atoms with Crippen LogP contribution >= 0.6 is 22.9 Å². The third-order valence-electron chi connectivity index (χ3n) is 4.41. The number of thiophene rings is 1. The van der Waals surface area contributed by atoms with Gasteiger partial charge in [-0.25, -0.2) is 0 Å². The molecule has 4 heteroatoms. The van der Waals surface area contributed by atoms with Crippen molar-refractivity contribution in [2.45, 2.75) is 25.9 Å². The van der Waals surface area contributed by atoms with Crippen LogP contribution in [-0.4, -0.2) is 11.1 Å². The zero-order valence-corrected chi connectivity index (χ0v) is 14.5. The fourth-order valence-corrected chi connectivity index (χ4v) is 4.40. The van der Waals surface area contributed by atoms with Crippen LogP contribution in [0.15, 0.2) is 48.7 Å². The molecule has 1 N–H and O–H groups in total. The molecule has 3 aromatic rings. The van der Waals surface area contributed by atoms with E-state index >= 15 is 0 Å². The lowest BCUT2D eigenvalue weighted by atomic mass is 10.1. The lowest BCUT2D eigenvalue weighted by Crippen LogP contribution is -2.15. The van der Waals surface area contributed by atoms with Crippen molar-refractivity contribution < 1.29 is 0 Å². The number of hydrogen-bond acceptors (Lipinski definition) is 2. The molecule has 1 aliphatic rings. The maximum absolute atomic E-state index is 6.16. The Hall–Kier alpha value is -1.55. The summed E-state index contributed by atoms with van der Waals surface area (Å²) < 4.78 is 3.27. The van der Waals surface area contributed by atoms with Crippen molar-refractivity contribution in [2.75, 3.05) is 6.54 Å². The van der Waals surface area contributed by atoms with E-state index in [9.17, 15) is 0 Å². The van der Waals surface area contributed by atoms with Gasteiger partial charge < -0.3 is 9.88 Å². The van der Waals surface area contributed by atoms with E-state index in [0.717, 1.165) is 30.4 Å². The zero-order chi connectivity index (χ0) is 15.6. The minimum absolute atomic E-state index is 0.858. The molecule has 4 rings (SSSR count). The molecule has 0 unspecified atom stereocenters. The maximum Gasteiger partial charge on any atom is 0.0934 e. The van der Waals surface area contributed by atoms with E-state index in [4.69, 9.17) is 11.6 Å². The lowest BCUT2D eigenvalue weighted by Gasteiger charge is -2.10. The van der Waals surface area contributed by atoms with E-state index in [1.807, 2.05) is 6.07 Å². The summed E-state index contributed by atoms with van der Waals surface area (Å²) in [5.74, 6) is 0. The minimum Gasteiger partial charge on any atom is -0.345 e. The van der Waals surface area contributed by atoms with Crippen LogP contribution in [0.1, 0.15) is 23.2 Å². The van der Waals surface area contributed by atoms with Gasteiger partial charge in [0.15, 0.2) is 0 Å². The second kappa shape index (κ2) is 6.52. The second-order valence-corrected chi connectivity index (χ2v) is 7.68. The third-order valence-corrected chi connectivity index (χ3v) is 5.68. The van der Waals surface area contributed by atoms with Gasteiger partial charge >= 0.3 is 0 Å². The zero-order valence-electron chi connectivity index (χ0n) is 12.9. The molecule has 0 bridgehead atoms. The molecule has 1 aromatic carbocycles. The Kier molecular flexibility index (Phi) is 4.25. The predicted molar refractivity (Wildman–Crippen MR) is 98.3 cm³/mol. The summed E-state index contributed by atoms with van der Waals surface area (Å²) in [6, 6.07) is 14.8. The van der Waals surface area contributed by atoms with Crippen molar-refractivity contribution in [3.8, 4) is 10.4 Å². The van der Waals surface area contributed by atoms with Crippen LogP contribution in [0.3, 0.4) is 0 Å². The molecule has 1 aliphatic heterocycles. The number of nitrogens with one attached hydrogen (secondary N) is 1. The van der Waals surface area contributed by atoms with Crippen LogP contribution in [0.4, 0.5) is 0 Å². The average molecular weight is 343 g/mol. The van der Waals surface area contributed by atoms with Crippen molar-refractivity contribution in [1.82, 2.24) is 9.88 Å². The monoisotopic (exact) mass is 342 g/mol. The van der Waals surface area contributed by atoms with Gasteiger partial charge in [0.25, 0.3) is 0 Å². The summed E-state index contributed by atoms with van der Waals surface area (Å²) in [6.07, 6.45) is 4.64. The number of nitrogens with zero attached hydrogens (tertiary/aromatic N) is 1. The Morgan fingerprint density at radius 1 is 1.13 bits per heavy atom. The molecule has 2 aromatic heterocycles. The molecule has 0 amide bonds. The molecule has 0 saturated carbocycles. The average Bonchev–Trinajstić information content (AvgIpc) is 3.03. The van der Waals surface area contributed by atoms with Gasteiger partial charge in [0.05, 0.1) is 4.34 Å². The van der Waals surface area contributed by atoms with Crippen molar-refractivity contribution in [3.63, 3.8) is 0 Å². The van der Waals surface area contributed by atoms with E-state index < -0.39 is 0 Å². The van der Waals surface area contributed by atoms with Crippen molar-refractivity contribution in [3.05, 3.63) is 69.8 Å². The molecular weight excluding hydrogens is 324 g/mol. The second-order valence-electron chi connectivity index (χ2n) is 5.97. The van der Waals surface area contributed by atoms with Crippen molar-refractivity contribution >= 4 is 22.9 Å². The van der Waals surface area contributed by atoms with Gasteiger partial charge in [-0.1, -0.05) is 41.9 Å². The fourth-order valence-electron chi connectivity index (χ4n) is 3.32. The Labute approximate surface area is 145 Å². The van der Waals surface area contributed by atoms with E-state index in [0.29, 0.717) is 0 Å². The molecule has 3 heterocycles. The number of benzene rings is 1. The molecule has 0 aliphatic carbocycles. The third kappa shape index (κ3) is 3.09. The van der Waals surface area contributed by atoms with Gasteiger partial charge in [-0.05, 0) is 42.6 Å². The Bertz CT molecular complexity index is 804. The largest absolute Gasteiger partial charge is 0.345 e. The van der Waals surface area contributed by atoms with Gasteiger partial charge in [0.1, 0.15) is 0 Å². The van der Waals surface area contributed by atoms with Gasteiger partial charge in [-0.3, -0.25) is 0 Å². The SMILES string of the molecule is Clc1ccc(-c2cn(Cc3ccccc3)c3c2CCCNC3)s1. The Morgan fingerprint density at radius 3 is 2.78 bits per heavy atom. The molecule has 23 heavy (non-hydrogen) atoms. The molecule has 0 radical (unpaired) electrons. The van der Waals surface area contributed by atoms with E-state index in [-0.39, 0.29) is 0 Å². The first-order valence-electron chi connectivity index (χ1n) is 8.02. The Morgan fingerprint density at radius 2 is 2.00 bits per heavy atom. The summed E-state index contributed by atoms with van der Waals surface area (Å²) in [4.78, 5) is 1.28. The molecule has 0 saturated heterocycles. The lowest BCUT2D eigenvalue weighted by molar-refractivity contribution is 0.643. The van der Waals surface area contributed by atoms with Crippen LogP contribution in [0.25, 0.3) is 10.4 Å². The van der Waals surface area contributed by atoms with Crippen LogP contribution < -0.4 is 5.32 Å². The van der Waals surface area contributed by atoms with Crippen molar-refractivity contribution in [2.24, 2.45) is 0 Å². The summed E-state index contributed by atoms with van der Waals surface area (Å²) in [5, 5.41) is 3.56. The van der Waals surface area contributed by atoms with Crippen LogP contribution in [0.2, 0.25) is 4.34 Å². The first-order chi connectivity index (χ1) is 11.3. The highest BCUT2D eigenvalue weighted by atomic mass is 35.5. The first kappa shape index (κ1) is 15.0. The standard InChI is InChI=1S/C19H19ClN2S/c20-19-9-8-18(23-19)16-13-22(12-14-5-2-1-3-6-14)17-11-21-10-4-7-15(16)17/h1-3,5-6,8-9,13,21H,4,7,10-12H2. The normalized spacial score (nSPS) is 14.5. The first-order valence-corrected chi connectivity index (χ1v) is 9.22. The highest BCUT2D eigenvalue weighted by Crippen LogP contribution is 2.36. The molecule has 0 fully saturated rings. The summed E-state index contributed by atoms with van der Waals surface area (Å²) in [7, 11) is 0. The predicted octanol–water partition coefficient (Wildman–Crippen LogP) is 4.95. The number of aromatic nitrogens is 1. The molecule has 2 nitrogen and oxygen atoms in total. The van der Waals surface area contributed by atoms with E-state index in [1.54, 1.807) is 11.3 Å². The summed E-state index contributed by atoms with van der Waals surface area (Å²) in [6.45, 7) is 2.95. The Balaban J connectivity index is 1.78. The summed E-state index contributed by atoms with van der Waals surface area (Å²) >= 11 is 7.83. The molecular formula is C19H19ClN2S. The molecule has 0 spiro atoms. The minimum atomic E-state index is 0.858. The van der Waals surface area contributed by atoms with Crippen LogP contribution in [0.5, 0.6) is 0 Å². The van der Waals surface area contributed by atoms with E-state index in [2.05, 4.69) is 52.5 Å². The van der Waals surface area contributed by atoms with Crippen molar-refractivity contribution in [1.29, 1.82) is 0 Å². The van der Waals surface area contributed by atoms with Gasteiger partial charge in [-0.15, -0.1) is 11.3 Å². The van der Waals surface area contributed by atoms with Gasteiger partial charge in [0, 0.05) is 35.4 Å². The number of fused-ring (bicyclic) bond motifs is 1. The highest BCUT2D eigenvalue weighted by molar-refractivity contribution is 7.19. The highest BCUT2D eigenvalue weighted by Gasteiger charge is 2.19. The molecule has 118 valence electrons. The quantitative estimate of drug-likeness (QED) is 0.712.